The molecule has 11 rings (SSSR count). The molecule has 0 bridgehead atoms. The second-order valence-electron chi connectivity index (χ2n) is 18.1. The summed E-state index contributed by atoms with van der Waals surface area (Å²) < 4.78 is 15.0. The zero-order valence-corrected chi connectivity index (χ0v) is 39.4. The fourth-order valence-corrected chi connectivity index (χ4v) is 26.1. The van der Waals surface area contributed by atoms with Gasteiger partial charge in [0.15, 0.2) is 0 Å². The number of rotatable bonds is 10. The number of fused-ring (bicyclic) bond motifs is 6. The van der Waals surface area contributed by atoms with Crippen LogP contribution in [0.5, 0.6) is 0 Å². The van der Waals surface area contributed by atoms with Gasteiger partial charge in [-0.05, 0) is 0 Å². The van der Waals surface area contributed by atoms with E-state index in [1.54, 1.807) is 0 Å². The molecule has 0 aromatic heterocycles. The van der Waals surface area contributed by atoms with Crippen LogP contribution in [0.3, 0.4) is 0 Å². The molecular weight excluding hydrogens is 861 g/mol. The first-order chi connectivity index (χ1) is 32.3. The minimum atomic E-state index is -5.36. The van der Waals surface area contributed by atoms with E-state index < -0.39 is 56.7 Å². The molecule has 1 saturated heterocycles. The Morgan fingerprint density at radius 1 is 0.379 bits per heavy atom. The molecule has 6 heteroatoms. The van der Waals surface area contributed by atoms with Crippen LogP contribution >= 0.6 is 0 Å². The fourth-order valence-electron chi connectivity index (χ4n) is 11.5. The summed E-state index contributed by atoms with van der Waals surface area (Å²) >= 11 is -5.36. The van der Waals surface area contributed by atoms with Crippen LogP contribution in [-0.2, 0) is 44.4 Å². The molecule has 0 spiro atoms. The molecule has 0 saturated carbocycles. The number of benzene rings is 8. The number of carbonyl (C=O) groups is 2. The Morgan fingerprint density at radius 3 is 0.894 bits per heavy atom. The van der Waals surface area contributed by atoms with Gasteiger partial charge in [0.1, 0.15) is 0 Å². The molecule has 8 aromatic carbocycles. The Hall–Kier alpha value is -6.89. The van der Waals surface area contributed by atoms with E-state index in [0.717, 1.165) is 55.6 Å². The molecular formula is C60H48O4SiTi. The summed E-state index contributed by atoms with van der Waals surface area (Å²) in [4.78, 5) is 33.9. The van der Waals surface area contributed by atoms with Crippen molar-refractivity contribution in [3.8, 4) is 0 Å². The fraction of sp³-hybridized carbons (Fsp3) is 0.100. The average Bonchev–Trinajstić information content (AvgIpc) is 3.98. The van der Waals surface area contributed by atoms with Crippen LogP contribution in [-0.4, -0.2) is 20.0 Å². The Bertz CT molecular complexity index is 2750. The van der Waals surface area contributed by atoms with E-state index >= 15 is 9.59 Å². The molecule has 4 nitrogen and oxygen atoms in total. The molecule has 2 unspecified atom stereocenters. The zero-order chi connectivity index (χ0) is 44.9. The predicted octanol–water partition coefficient (Wildman–Crippen LogP) is 13.2. The molecule has 66 heavy (non-hydrogen) atoms. The molecule has 2 atom stereocenters. The summed E-state index contributed by atoms with van der Waals surface area (Å²) in [5.41, 5.74) is 5.94. The minimum absolute atomic E-state index is 0.455. The molecule has 1 fully saturated rings. The summed E-state index contributed by atoms with van der Waals surface area (Å²) in [6, 6.07) is 76.7. The zero-order valence-electron chi connectivity index (χ0n) is 36.9. The Labute approximate surface area is 392 Å². The molecule has 8 aromatic rings. The molecule has 1 aliphatic heterocycles. The van der Waals surface area contributed by atoms with E-state index in [2.05, 4.69) is 73.8 Å². The van der Waals surface area contributed by atoms with E-state index in [0.29, 0.717) is 0 Å². The molecule has 0 amide bonds. The maximum absolute atomic E-state index is 16.9. The second kappa shape index (κ2) is 16.5. The number of hydrogen-bond donors (Lipinski definition) is 0. The van der Waals surface area contributed by atoms with Gasteiger partial charge in [-0.25, -0.2) is 0 Å². The van der Waals surface area contributed by atoms with Crippen molar-refractivity contribution < 1.29 is 33.6 Å². The van der Waals surface area contributed by atoms with Crippen molar-refractivity contribution in [3.05, 3.63) is 297 Å². The van der Waals surface area contributed by atoms with E-state index in [4.69, 9.17) is 6.64 Å². The van der Waals surface area contributed by atoms with Crippen LogP contribution in [0.2, 0.25) is 13.1 Å². The van der Waals surface area contributed by atoms with Crippen LogP contribution in [0.1, 0.15) is 64.1 Å². The summed E-state index contributed by atoms with van der Waals surface area (Å²) in [6.07, 6.45) is 4.68. The standard InChI is InChI=1S/2C20H16O2.C20H18Si.Ti/c2*21-19(22)20(16-10-4-1-5-11-16,17-12-6-2-7-13-17)18-14-8-3-9-15-18;1-21(2,19-11-15-7-3-4-8-16(15)12-19)20-13-17-9-5-6-10-18(17)14-20;/h2*1-15H,(H,21,22);3-14H,1-2H3;/q;;;+2/p-2. The van der Waals surface area contributed by atoms with Crippen LogP contribution in [0.15, 0.2) is 241 Å². The van der Waals surface area contributed by atoms with Crippen molar-refractivity contribution in [1.82, 2.24) is 0 Å². The van der Waals surface area contributed by atoms with Crippen molar-refractivity contribution in [2.75, 3.05) is 0 Å². The quantitative estimate of drug-likeness (QED) is 0.101. The monoisotopic (exact) mass is 908 g/mol. The topological polar surface area (TPSA) is 52.6 Å². The summed E-state index contributed by atoms with van der Waals surface area (Å²) in [6.45, 7) is 4.84. The normalized spacial score (nSPS) is 17.5. The van der Waals surface area contributed by atoms with Crippen LogP contribution in [0.25, 0.3) is 12.2 Å². The molecule has 0 N–H and O–H groups in total. The Morgan fingerprint density at radius 2 is 0.621 bits per heavy atom. The number of carbonyl (C=O) groups excluding carboxylic acids is 2. The average molecular weight is 909 g/mol. The first-order valence-electron chi connectivity index (χ1n) is 22.7. The van der Waals surface area contributed by atoms with Crippen molar-refractivity contribution in [3.63, 3.8) is 0 Å². The summed E-state index contributed by atoms with van der Waals surface area (Å²) in [5.74, 6) is -0.921. The number of hydrogen-bond acceptors (Lipinski definition) is 4. The van der Waals surface area contributed by atoms with Gasteiger partial charge >= 0.3 is 395 Å². The molecule has 1 heterocycles. The molecule has 2 aliphatic carbocycles. The Kier molecular flexibility index (Phi) is 10.5. The van der Waals surface area contributed by atoms with Gasteiger partial charge in [-0.15, -0.1) is 0 Å². The van der Waals surface area contributed by atoms with Crippen LogP contribution in [0, 0.1) is 0 Å². The first-order valence-corrected chi connectivity index (χ1v) is 28.8. The van der Waals surface area contributed by atoms with Gasteiger partial charge in [-0.2, -0.15) is 0 Å². The van der Waals surface area contributed by atoms with Gasteiger partial charge in [-0.3, -0.25) is 0 Å². The predicted molar refractivity (Wildman–Crippen MR) is 262 cm³/mol. The maximum atomic E-state index is 16.9. The van der Waals surface area contributed by atoms with Crippen molar-refractivity contribution in [1.29, 1.82) is 0 Å². The molecule has 0 radical (unpaired) electrons. The number of allylic oxidation sites excluding steroid dienone is 2. The van der Waals surface area contributed by atoms with Gasteiger partial charge < -0.3 is 0 Å². The Balaban J connectivity index is 1.25. The van der Waals surface area contributed by atoms with E-state index in [9.17, 15) is 0 Å². The van der Waals surface area contributed by atoms with E-state index in [-0.39, 0.29) is 0 Å². The van der Waals surface area contributed by atoms with Gasteiger partial charge in [0.25, 0.3) is 0 Å². The second-order valence-corrected chi connectivity index (χ2v) is 27.2. The van der Waals surface area contributed by atoms with Crippen LogP contribution < -0.4 is 0 Å². The van der Waals surface area contributed by atoms with Crippen molar-refractivity contribution >= 4 is 32.2 Å². The van der Waals surface area contributed by atoms with Gasteiger partial charge in [0.2, 0.25) is 0 Å². The summed E-state index contributed by atoms with van der Waals surface area (Å²) in [5, 5.41) is 2.46. The molecule has 320 valence electrons. The first kappa shape index (κ1) is 41.8. The van der Waals surface area contributed by atoms with Gasteiger partial charge in [0.05, 0.1) is 0 Å². The van der Waals surface area contributed by atoms with E-state index in [1.165, 1.54) is 10.4 Å². The summed E-state index contributed by atoms with van der Waals surface area (Å²) in [7, 11) is -2.53. The van der Waals surface area contributed by atoms with Crippen molar-refractivity contribution in [2.45, 2.75) is 32.4 Å². The van der Waals surface area contributed by atoms with Gasteiger partial charge in [-0.1, -0.05) is 0 Å². The third-order valence-corrected chi connectivity index (χ3v) is 25.1. The van der Waals surface area contributed by atoms with E-state index in [1.807, 2.05) is 182 Å². The third kappa shape index (κ3) is 6.29. The molecule has 3 aliphatic rings. The van der Waals surface area contributed by atoms with Crippen LogP contribution in [0.4, 0.5) is 0 Å². The third-order valence-electron chi connectivity index (χ3n) is 14.5. The van der Waals surface area contributed by atoms with Gasteiger partial charge in [0, 0.05) is 0 Å². The SMILES string of the molecule is C[Si]1(C)C2=Cc3ccccc3[CH]2[Ti]([O]C(=O)C(c2ccccc2)(c2ccccc2)c2ccccc2)([O]C(=O)C(c2ccccc2)(c2ccccc2)c2ccccc2)[CH]2C1=Cc1ccccc12. The van der Waals surface area contributed by atoms with Crippen molar-refractivity contribution in [2.24, 2.45) is 0 Å².